The van der Waals surface area contributed by atoms with Crippen LogP contribution in [0, 0.1) is 12.7 Å². The first-order valence-electron chi connectivity index (χ1n) is 9.34. The van der Waals surface area contributed by atoms with Crippen LogP contribution in [0.25, 0.3) is 11.4 Å². The molecule has 0 atom stereocenters. The lowest BCUT2D eigenvalue weighted by atomic mass is 9.87. The third-order valence-electron chi connectivity index (χ3n) is 4.58. The molecule has 0 aliphatic carbocycles. The Labute approximate surface area is 174 Å². The summed E-state index contributed by atoms with van der Waals surface area (Å²) in [5.41, 5.74) is 3.28. The highest BCUT2D eigenvalue weighted by atomic mass is 32.2. The average Bonchev–Trinajstić information content (AvgIpc) is 3.02. The Morgan fingerprint density at radius 2 is 1.83 bits per heavy atom. The van der Waals surface area contributed by atoms with Crippen LogP contribution >= 0.6 is 11.8 Å². The van der Waals surface area contributed by atoms with Gasteiger partial charge in [-0.3, -0.25) is 4.79 Å². The lowest BCUT2D eigenvalue weighted by molar-refractivity contribution is -0.113. The standard InChI is InChI=1S/C22H25FN4OS/c1-14-6-11-18(17(23)12-14)24-19(28)13-29-21-26-25-20(27(21)5)15-7-9-16(10-8-15)22(2,3)4/h6-12H,13H2,1-5H3,(H,24,28). The van der Waals surface area contributed by atoms with Gasteiger partial charge in [0.25, 0.3) is 0 Å². The maximum Gasteiger partial charge on any atom is 0.234 e. The van der Waals surface area contributed by atoms with E-state index in [1.165, 1.54) is 23.4 Å². The molecule has 7 heteroatoms. The molecule has 1 N–H and O–H groups in total. The zero-order valence-electron chi connectivity index (χ0n) is 17.3. The molecule has 3 rings (SSSR count). The Morgan fingerprint density at radius 1 is 1.14 bits per heavy atom. The van der Waals surface area contributed by atoms with E-state index in [1.54, 1.807) is 19.1 Å². The number of thioether (sulfide) groups is 1. The van der Waals surface area contributed by atoms with Crippen molar-refractivity contribution in [3.63, 3.8) is 0 Å². The average molecular weight is 413 g/mol. The molecule has 0 saturated carbocycles. The first kappa shape index (κ1) is 21.0. The number of benzene rings is 2. The SMILES string of the molecule is Cc1ccc(NC(=O)CSc2nnc(-c3ccc(C(C)(C)C)cc3)n2C)c(F)c1. The highest BCUT2D eigenvalue weighted by Gasteiger charge is 2.16. The van der Waals surface area contributed by atoms with Crippen molar-refractivity contribution in [3.8, 4) is 11.4 Å². The van der Waals surface area contributed by atoms with Gasteiger partial charge >= 0.3 is 0 Å². The molecule has 2 aromatic carbocycles. The summed E-state index contributed by atoms with van der Waals surface area (Å²) in [6.07, 6.45) is 0. The first-order valence-corrected chi connectivity index (χ1v) is 10.3. The fourth-order valence-corrected chi connectivity index (χ4v) is 3.56. The molecule has 0 aliphatic rings. The van der Waals surface area contributed by atoms with Gasteiger partial charge in [-0.2, -0.15) is 0 Å². The first-order chi connectivity index (χ1) is 13.6. The van der Waals surface area contributed by atoms with Gasteiger partial charge in [0.05, 0.1) is 11.4 Å². The molecule has 0 aliphatic heterocycles. The van der Waals surface area contributed by atoms with E-state index >= 15 is 0 Å². The number of amides is 1. The molecule has 0 fully saturated rings. The van der Waals surface area contributed by atoms with Crippen LogP contribution < -0.4 is 5.32 Å². The number of anilines is 1. The monoisotopic (exact) mass is 412 g/mol. The molecule has 1 heterocycles. The number of hydrogen-bond acceptors (Lipinski definition) is 4. The topological polar surface area (TPSA) is 59.8 Å². The number of nitrogens with zero attached hydrogens (tertiary/aromatic N) is 3. The summed E-state index contributed by atoms with van der Waals surface area (Å²) in [6.45, 7) is 8.32. The number of carbonyl (C=O) groups excluding carboxylic acids is 1. The zero-order chi connectivity index (χ0) is 21.2. The van der Waals surface area contributed by atoms with Crippen molar-refractivity contribution in [2.24, 2.45) is 7.05 Å². The van der Waals surface area contributed by atoms with Crippen LogP contribution in [0.5, 0.6) is 0 Å². The number of carbonyl (C=O) groups is 1. The Kier molecular flexibility index (Phi) is 6.07. The molecule has 1 amide bonds. The zero-order valence-corrected chi connectivity index (χ0v) is 18.1. The Bertz CT molecular complexity index is 1020. The quantitative estimate of drug-likeness (QED) is 0.602. The molecule has 0 spiro atoms. The molecule has 0 bridgehead atoms. The van der Waals surface area contributed by atoms with Gasteiger partial charge in [0, 0.05) is 12.6 Å². The molecule has 0 radical (unpaired) electrons. The number of rotatable bonds is 5. The van der Waals surface area contributed by atoms with Crippen LogP contribution in [0.4, 0.5) is 10.1 Å². The lowest BCUT2D eigenvalue weighted by Crippen LogP contribution is -2.15. The molecule has 3 aromatic rings. The third-order valence-corrected chi connectivity index (χ3v) is 5.60. The lowest BCUT2D eigenvalue weighted by Gasteiger charge is -2.19. The van der Waals surface area contributed by atoms with Gasteiger partial charge in [-0.1, -0.05) is 62.9 Å². The van der Waals surface area contributed by atoms with Gasteiger partial charge in [-0.05, 0) is 35.6 Å². The fraction of sp³-hybridized carbons (Fsp3) is 0.318. The number of aromatic nitrogens is 3. The minimum absolute atomic E-state index is 0.0870. The summed E-state index contributed by atoms with van der Waals surface area (Å²) in [7, 11) is 1.87. The van der Waals surface area contributed by atoms with Gasteiger partial charge in [0.15, 0.2) is 11.0 Å². The molecular weight excluding hydrogens is 387 g/mol. The van der Waals surface area contributed by atoms with Crippen molar-refractivity contribution in [1.29, 1.82) is 0 Å². The molecule has 1 aromatic heterocycles. The van der Waals surface area contributed by atoms with Gasteiger partial charge in [0.2, 0.25) is 5.91 Å². The van der Waals surface area contributed by atoms with Gasteiger partial charge in [0.1, 0.15) is 5.82 Å². The summed E-state index contributed by atoms with van der Waals surface area (Å²) >= 11 is 1.26. The van der Waals surface area contributed by atoms with Gasteiger partial charge < -0.3 is 9.88 Å². The van der Waals surface area contributed by atoms with Crippen molar-refractivity contribution in [3.05, 3.63) is 59.4 Å². The summed E-state index contributed by atoms with van der Waals surface area (Å²) in [5, 5.41) is 11.7. The fourth-order valence-electron chi connectivity index (χ4n) is 2.85. The van der Waals surface area contributed by atoms with Crippen molar-refractivity contribution < 1.29 is 9.18 Å². The van der Waals surface area contributed by atoms with Crippen LogP contribution in [0.1, 0.15) is 31.9 Å². The summed E-state index contributed by atoms with van der Waals surface area (Å²) in [5.74, 6) is 0.111. The van der Waals surface area contributed by atoms with E-state index in [2.05, 4.69) is 48.4 Å². The predicted molar refractivity (Wildman–Crippen MR) is 116 cm³/mol. The Hall–Kier alpha value is -2.67. The number of nitrogens with one attached hydrogen (secondary N) is 1. The molecule has 5 nitrogen and oxygen atoms in total. The predicted octanol–water partition coefficient (Wildman–Crippen LogP) is 4.96. The van der Waals surface area contributed by atoms with E-state index < -0.39 is 5.82 Å². The minimum Gasteiger partial charge on any atom is -0.323 e. The van der Waals surface area contributed by atoms with Gasteiger partial charge in [-0.15, -0.1) is 10.2 Å². The Morgan fingerprint density at radius 3 is 2.45 bits per heavy atom. The van der Waals surface area contributed by atoms with Crippen molar-refractivity contribution >= 4 is 23.4 Å². The second-order valence-electron chi connectivity index (χ2n) is 8.01. The smallest absolute Gasteiger partial charge is 0.234 e. The van der Waals surface area contributed by atoms with Gasteiger partial charge in [-0.25, -0.2) is 4.39 Å². The minimum atomic E-state index is -0.442. The van der Waals surface area contributed by atoms with Crippen LogP contribution in [0.2, 0.25) is 0 Å². The molecule has 152 valence electrons. The van der Waals surface area contributed by atoms with Crippen LogP contribution in [-0.4, -0.2) is 26.4 Å². The molecule has 29 heavy (non-hydrogen) atoms. The number of aryl methyl sites for hydroxylation is 1. The van der Waals surface area contributed by atoms with Crippen molar-refractivity contribution in [2.45, 2.75) is 38.3 Å². The highest BCUT2D eigenvalue weighted by Crippen LogP contribution is 2.27. The molecular formula is C22H25FN4OS. The maximum atomic E-state index is 13.9. The van der Waals surface area contributed by atoms with E-state index in [1.807, 2.05) is 23.7 Å². The van der Waals surface area contributed by atoms with E-state index in [0.29, 0.717) is 5.16 Å². The van der Waals surface area contributed by atoms with Crippen LogP contribution in [0.15, 0.2) is 47.6 Å². The largest absolute Gasteiger partial charge is 0.323 e. The third kappa shape index (κ3) is 5.03. The Balaban J connectivity index is 1.66. The van der Waals surface area contributed by atoms with Crippen LogP contribution in [0.3, 0.4) is 0 Å². The van der Waals surface area contributed by atoms with E-state index in [9.17, 15) is 9.18 Å². The van der Waals surface area contributed by atoms with E-state index in [0.717, 1.165) is 17.0 Å². The van der Waals surface area contributed by atoms with E-state index in [4.69, 9.17) is 0 Å². The maximum absolute atomic E-state index is 13.9. The summed E-state index contributed by atoms with van der Waals surface area (Å²) in [4.78, 5) is 12.2. The summed E-state index contributed by atoms with van der Waals surface area (Å²) < 4.78 is 15.7. The second kappa shape index (κ2) is 8.37. The van der Waals surface area contributed by atoms with E-state index in [-0.39, 0.29) is 22.8 Å². The number of hydrogen-bond donors (Lipinski definition) is 1. The van der Waals surface area contributed by atoms with Crippen LogP contribution in [-0.2, 0) is 17.3 Å². The summed E-state index contributed by atoms with van der Waals surface area (Å²) in [6, 6.07) is 13.0. The molecule has 0 unspecified atom stereocenters. The van der Waals surface area contributed by atoms with Crippen molar-refractivity contribution in [2.75, 3.05) is 11.1 Å². The van der Waals surface area contributed by atoms with Crippen molar-refractivity contribution in [1.82, 2.24) is 14.8 Å². The highest BCUT2D eigenvalue weighted by molar-refractivity contribution is 7.99. The normalized spacial score (nSPS) is 11.5. The number of halogens is 1. The molecule has 0 saturated heterocycles. The second-order valence-corrected chi connectivity index (χ2v) is 8.96.